The number of hydrogen-bond acceptors (Lipinski definition) is 3. The van der Waals surface area contributed by atoms with Crippen molar-refractivity contribution in [1.82, 2.24) is 0 Å². The maximum absolute atomic E-state index is 13.8. The normalized spacial score (nSPS) is 30.8. The van der Waals surface area contributed by atoms with E-state index in [1.807, 2.05) is 48.5 Å². The second-order valence-electron chi connectivity index (χ2n) is 8.00. The van der Waals surface area contributed by atoms with Crippen molar-refractivity contribution in [3.05, 3.63) is 95.1 Å². The fraction of sp³-hybridized carbons (Fsp3) is 0.167. The van der Waals surface area contributed by atoms with E-state index in [-0.39, 0.29) is 17.6 Å². The van der Waals surface area contributed by atoms with Crippen LogP contribution in [0.3, 0.4) is 0 Å². The molecule has 2 atom stereocenters. The largest absolute Gasteiger partial charge is 0.508 e. The SMILES string of the molecule is O=C1C2C(C(=O)N1c1cccc(O)c1)C1(Br)c3ccccc3C2(Br)c2ccccc21. The predicted octanol–water partition coefficient (Wildman–Crippen LogP) is 4.80. The Morgan fingerprint density at radius 3 is 1.53 bits per heavy atom. The molecule has 6 heteroatoms. The van der Waals surface area contributed by atoms with Crippen molar-refractivity contribution in [1.29, 1.82) is 0 Å². The van der Waals surface area contributed by atoms with Crippen molar-refractivity contribution in [3.8, 4) is 5.75 Å². The van der Waals surface area contributed by atoms with E-state index < -0.39 is 20.5 Å². The first-order valence-electron chi connectivity index (χ1n) is 9.64. The summed E-state index contributed by atoms with van der Waals surface area (Å²) in [6.07, 6.45) is 0. The van der Waals surface area contributed by atoms with E-state index in [9.17, 15) is 14.7 Å². The van der Waals surface area contributed by atoms with Gasteiger partial charge >= 0.3 is 0 Å². The third-order valence-electron chi connectivity index (χ3n) is 6.67. The number of rotatable bonds is 1. The Labute approximate surface area is 189 Å². The summed E-state index contributed by atoms with van der Waals surface area (Å²) in [4.78, 5) is 28.8. The molecule has 2 bridgehead atoms. The molecule has 30 heavy (non-hydrogen) atoms. The number of anilines is 1. The molecule has 1 fully saturated rings. The molecule has 0 aromatic heterocycles. The summed E-state index contributed by atoms with van der Waals surface area (Å²) >= 11 is 7.95. The highest BCUT2D eigenvalue weighted by atomic mass is 79.9. The van der Waals surface area contributed by atoms with E-state index in [0.717, 1.165) is 22.3 Å². The van der Waals surface area contributed by atoms with Crippen molar-refractivity contribution in [2.75, 3.05) is 4.90 Å². The van der Waals surface area contributed by atoms with Gasteiger partial charge in [0.1, 0.15) is 5.75 Å². The Morgan fingerprint density at radius 1 is 0.700 bits per heavy atom. The standard InChI is InChI=1S/C24H15Br2NO3/c25-23-15-8-1-2-9-16(15)24(26,18-11-4-3-10-17(18)23)20-19(23)21(29)27(22(20)30)13-6-5-7-14(28)12-13/h1-12,19-20,28H. The molecule has 4 aliphatic rings. The zero-order valence-electron chi connectivity index (χ0n) is 15.5. The second kappa shape index (κ2) is 5.83. The van der Waals surface area contributed by atoms with E-state index in [2.05, 4.69) is 31.9 Å². The molecule has 2 unspecified atom stereocenters. The number of imide groups is 1. The predicted molar refractivity (Wildman–Crippen MR) is 120 cm³/mol. The molecule has 148 valence electrons. The van der Waals surface area contributed by atoms with Gasteiger partial charge in [-0.25, -0.2) is 4.90 Å². The molecular weight excluding hydrogens is 510 g/mol. The van der Waals surface area contributed by atoms with Gasteiger partial charge in [-0.05, 0) is 34.4 Å². The van der Waals surface area contributed by atoms with Gasteiger partial charge in [0.25, 0.3) is 0 Å². The Balaban J connectivity index is 1.67. The van der Waals surface area contributed by atoms with E-state index in [1.165, 1.54) is 17.0 Å². The smallest absolute Gasteiger partial charge is 0.239 e. The highest BCUT2D eigenvalue weighted by Crippen LogP contribution is 2.70. The topological polar surface area (TPSA) is 57.6 Å². The van der Waals surface area contributed by atoms with Gasteiger partial charge in [0.2, 0.25) is 11.8 Å². The van der Waals surface area contributed by atoms with Crippen molar-refractivity contribution in [2.24, 2.45) is 11.8 Å². The minimum Gasteiger partial charge on any atom is -0.508 e. The van der Waals surface area contributed by atoms with Crippen molar-refractivity contribution in [3.63, 3.8) is 0 Å². The zero-order chi connectivity index (χ0) is 20.8. The monoisotopic (exact) mass is 523 g/mol. The lowest BCUT2D eigenvalue weighted by Crippen LogP contribution is -2.56. The van der Waals surface area contributed by atoms with Crippen LogP contribution in [0.25, 0.3) is 0 Å². The summed E-state index contributed by atoms with van der Waals surface area (Å²) in [5.41, 5.74) is 4.39. The van der Waals surface area contributed by atoms with Crippen LogP contribution in [-0.4, -0.2) is 16.9 Å². The first-order valence-corrected chi connectivity index (χ1v) is 11.2. The number of phenols is 1. The zero-order valence-corrected chi connectivity index (χ0v) is 18.7. The average molecular weight is 525 g/mol. The first kappa shape index (κ1) is 18.3. The van der Waals surface area contributed by atoms with Gasteiger partial charge in [-0.2, -0.15) is 0 Å². The van der Waals surface area contributed by atoms with Gasteiger partial charge in [-0.3, -0.25) is 9.59 Å². The molecule has 3 aromatic rings. The maximum atomic E-state index is 13.8. The Bertz CT molecular complexity index is 1150. The molecule has 4 nitrogen and oxygen atoms in total. The van der Waals surface area contributed by atoms with Gasteiger partial charge in [-0.15, -0.1) is 0 Å². The third-order valence-corrected chi connectivity index (χ3v) is 9.37. The second-order valence-corrected chi connectivity index (χ2v) is 10.5. The average Bonchev–Trinajstić information content (AvgIpc) is 3.03. The summed E-state index contributed by atoms with van der Waals surface area (Å²) < 4.78 is -1.61. The summed E-state index contributed by atoms with van der Waals surface area (Å²) in [5.74, 6) is -1.74. The quantitative estimate of drug-likeness (QED) is 0.367. The summed E-state index contributed by atoms with van der Waals surface area (Å²) in [5, 5.41) is 9.94. The van der Waals surface area contributed by atoms with Crippen LogP contribution in [-0.2, 0) is 18.2 Å². The fourth-order valence-corrected chi connectivity index (χ4v) is 7.86. The molecule has 3 aromatic carbocycles. The molecule has 1 saturated heterocycles. The van der Waals surface area contributed by atoms with Gasteiger partial charge in [0.05, 0.1) is 26.2 Å². The van der Waals surface area contributed by atoms with Crippen LogP contribution in [0.4, 0.5) is 5.69 Å². The highest BCUT2D eigenvalue weighted by Gasteiger charge is 2.72. The van der Waals surface area contributed by atoms with Crippen LogP contribution in [0.1, 0.15) is 22.3 Å². The minimum atomic E-state index is -0.807. The van der Waals surface area contributed by atoms with E-state index in [1.54, 1.807) is 12.1 Å². The molecule has 2 amide bonds. The number of hydrogen-bond donors (Lipinski definition) is 1. The van der Waals surface area contributed by atoms with Crippen LogP contribution in [0.15, 0.2) is 72.8 Å². The number of carbonyl (C=O) groups is 2. The summed E-state index contributed by atoms with van der Waals surface area (Å²) in [6.45, 7) is 0. The first-order chi connectivity index (χ1) is 14.4. The lowest BCUT2D eigenvalue weighted by Gasteiger charge is -2.55. The van der Waals surface area contributed by atoms with E-state index in [4.69, 9.17) is 0 Å². The van der Waals surface area contributed by atoms with E-state index in [0.29, 0.717) is 5.69 Å². The number of carbonyl (C=O) groups excluding carboxylic acids is 2. The van der Waals surface area contributed by atoms with Gasteiger partial charge in [0, 0.05) is 6.07 Å². The number of alkyl halides is 2. The lowest BCUT2D eigenvalue weighted by molar-refractivity contribution is -0.122. The van der Waals surface area contributed by atoms with E-state index >= 15 is 0 Å². The highest BCUT2D eigenvalue weighted by molar-refractivity contribution is 9.10. The minimum absolute atomic E-state index is 0.0135. The summed E-state index contributed by atoms with van der Waals surface area (Å²) in [6, 6.07) is 22.3. The van der Waals surface area contributed by atoms with Gasteiger partial charge in [0.15, 0.2) is 0 Å². The van der Waals surface area contributed by atoms with Crippen LogP contribution in [0.2, 0.25) is 0 Å². The number of phenolic OH excluding ortho intramolecular Hbond substituents is 1. The van der Waals surface area contributed by atoms with Gasteiger partial charge < -0.3 is 5.11 Å². The molecule has 3 aliphatic carbocycles. The Hall–Kier alpha value is -2.44. The van der Waals surface area contributed by atoms with Crippen LogP contribution in [0, 0.1) is 11.8 Å². The lowest BCUT2D eigenvalue weighted by atomic mass is 9.54. The number of nitrogens with zero attached hydrogens (tertiary/aromatic N) is 1. The molecule has 7 rings (SSSR count). The molecule has 1 heterocycles. The third kappa shape index (κ3) is 1.92. The number of halogens is 2. The maximum Gasteiger partial charge on any atom is 0.239 e. The van der Waals surface area contributed by atoms with Crippen LogP contribution in [0.5, 0.6) is 5.75 Å². The molecular formula is C24H15Br2NO3. The number of benzene rings is 3. The number of aromatic hydroxyl groups is 1. The molecule has 1 aliphatic heterocycles. The number of amides is 2. The van der Waals surface area contributed by atoms with Crippen molar-refractivity contribution < 1.29 is 14.7 Å². The molecule has 1 N–H and O–H groups in total. The fourth-order valence-electron chi connectivity index (χ4n) is 5.55. The Kier molecular flexibility index (Phi) is 3.56. The van der Waals surface area contributed by atoms with Crippen molar-refractivity contribution in [2.45, 2.75) is 8.65 Å². The van der Waals surface area contributed by atoms with Gasteiger partial charge in [-0.1, -0.05) is 86.5 Å². The van der Waals surface area contributed by atoms with Crippen molar-refractivity contribution >= 4 is 49.4 Å². The molecule has 0 spiro atoms. The Morgan fingerprint density at radius 2 is 1.13 bits per heavy atom. The van der Waals surface area contributed by atoms with Crippen LogP contribution < -0.4 is 4.90 Å². The van der Waals surface area contributed by atoms with Crippen LogP contribution >= 0.6 is 31.9 Å². The summed E-state index contributed by atoms with van der Waals surface area (Å²) in [7, 11) is 0. The molecule has 0 radical (unpaired) electrons. The molecule has 0 saturated carbocycles.